The highest BCUT2D eigenvalue weighted by Crippen LogP contribution is 2.34. The average Bonchev–Trinajstić information content (AvgIpc) is 2.04. The van der Waals surface area contributed by atoms with Crippen molar-refractivity contribution < 1.29 is 9.47 Å². The number of rotatable bonds is 5. The van der Waals surface area contributed by atoms with Gasteiger partial charge >= 0.3 is 0 Å². The number of hydrogen-bond acceptors (Lipinski definition) is 3. The Balaban J connectivity index is 2.44. The van der Waals surface area contributed by atoms with Crippen LogP contribution in [0.5, 0.6) is 0 Å². The molecule has 13 heavy (non-hydrogen) atoms. The lowest BCUT2D eigenvalue weighted by Gasteiger charge is -2.39. The van der Waals surface area contributed by atoms with Crippen LogP contribution in [0, 0.1) is 0 Å². The molecule has 2 N–H and O–H groups in total. The molecule has 0 spiro atoms. The van der Waals surface area contributed by atoms with Crippen molar-refractivity contribution in [2.24, 2.45) is 10.7 Å². The van der Waals surface area contributed by atoms with E-state index in [-0.39, 0.29) is 5.60 Å². The number of methoxy groups -OCH3 is 2. The summed E-state index contributed by atoms with van der Waals surface area (Å²) in [5.41, 5.74) is 5.58. The molecule has 0 bridgehead atoms. The minimum Gasteiger partial charge on any atom is -0.385 e. The van der Waals surface area contributed by atoms with Gasteiger partial charge in [-0.3, -0.25) is 4.99 Å². The van der Waals surface area contributed by atoms with Crippen molar-refractivity contribution in [3.8, 4) is 0 Å². The second-order valence-electron chi connectivity index (χ2n) is 3.31. The summed E-state index contributed by atoms with van der Waals surface area (Å²) in [5, 5.41) is 0. The topological polar surface area (TPSA) is 56.8 Å². The highest BCUT2D eigenvalue weighted by Gasteiger charge is 2.40. The normalized spacial score (nSPS) is 21.2. The first-order valence-electron chi connectivity index (χ1n) is 4.59. The monoisotopic (exact) mass is 186 g/mol. The van der Waals surface area contributed by atoms with E-state index in [2.05, 4.69) is 4.99 Å². The van der Waals surface area contributed by atoms with E-state index in [0.29, 0.717) is 19.0 Å². The van der Waals surface area contributed by atoms with Crippen LogP contribution in [0.25, 0.3) is 0 Å². The van der Waals surface area contributed by atoms with E-state index >= 15 is 0 Å². The van der Waals surface area contributed by atoms with E-state index in [1.807, 2.05) is 0 Å². The van der Waals surface area contributed by atoms with Crippen LogP contribution < -0.4 is 5.73 Å². The zero-order chi connectivity index (χ0) is 9.73. The first kappa shape index (κ1) is 10.5. The van der Waals surface area contributed by atoms with Crippen molar-refractivity contribution in [1.82, 2.24) is 0 Å². The Morgan fingerprint density at radius 1 is 1.46 bits per heavy atom. The lowest BCUT2D eigenvalue weighted by atomic mass is 9.79. The van der Waals surface area contributed by atoms with Crippen LogP contribution >= 0.6 is 0 Å². The lowest BCUT2D eigenvalue weighted by Crippen LogP contribution is -2.51. The van der Waals surface area contributed by atoms with E-state index in [1.54, 1.807) is 14.2 Å². The van der Waals surface area contributed by atoms with Gasteiger partial charge in [0, 0.05) is 14.2 Å². The molecule has 0 heterocycles. The van der Waals surface area contributed by atoms with Gasteiger partial charge < -0.3 is 15.2 Å². The van der Waals surface area contributed by atoms with E-state index in [4.69, 9.17) is 15.2 Å². The maximum absolute atomic E-state index is 5.83. The maximum atomic E-state index is 5.83. The van der Waals surface area contributed by atoms with Crippen LogP contribution in [-0.4, -0.2) is 38.8 Å². The minimum absolute atomic E-state index is 0.256. The largest absolute Gasteiger partial charge is 0.385 e. The molecule has 1 aliphatic rings. The smallest absolute Gasteiger partial charge is 0.126 e. The Hall–Kier alpha value is -0.610. The Labute approximate surface area is 79.1 Å². The molecule has 1 saturated carbocycles. The van der Waals surface area contributed by atoms with Crippen LogP contribution in [-0.2, 0) is 9.47 Å². The van der Waals surface area contributed by atoms with Gasteiger partial charge in [0.05, 0.1) is 13.2 Å². The van der Waals surface area contributed by atoms with Crippen LogP contribution in [0.1, 0.15) is 19.3 Å². The van der Waals surface area contributed by atoms with Gasteiger partial charge in [-0.05, 0) is 19.3 Å². The minimum atomic E-state index is -0.256. The predicted octanol–water partition coefficient (Wildman–Crippen LogP) is 0.559. The quantitative estimate of drug-likeness (QED) is 0.388. The Morgan fingerprint density at radius 3 is 2.54 bits per heavy atom. The highest BCUT2D eigenvalue weighted by molar-refractivity contribution is 5.90. The van der Waals surface area contributed by atoms with Crippen LogP contribution in [0.3, 0.4) is 0 Å². The SMILES string of the molecule is COCCN=C(N)C1(OC)CCC1. The molecule has 0 aromatic heterocycles. The number of hydrogen-bond donors (Lipinski definition) is 1. The fourth-order valence-corrected chi connectivity index (χ4v) is 1.46. The molecular weight excluding hydrogens is 168 g/mol. The molecule has 0 aliphatic heterocycles. The fraction of sp³-hybridized carbons (Fsp3) is 0.889. The molecule has 0 unspecified atom stereocenters. The number of ether oxygens (including phenoxy) is 2. The molecule has 4 heteroatoms. The van der Waals surface area contributed by atoms with Crippen molar-refractivity contribution in [1.29, 1.82) is 0 Å². The first-order chi connectivity index (χ1) is 6.25. The highest BCUT2D eigenvalue weighted by atomic mass is 16.5. The van der Waals surface area contributed by atoms with Crippen molar-refractivity contribution in [3.63, 3.8) is 0 Å². The van der Waals surface area contributed by atoms with Gasteiger partial charge in [0.15, 0.2) is 0 Å². The summed E-state index contributed by atoms with van der Waals surface area (Å²) in [6.45, 7) is 1.23. The van der Waals surface area contributed by atoms with Gasteiger partial charge in [-0.25, -0.2) is 0 Å². The van der Waals surface area contributed by atoms with Crippen LogP contribution in [0.15, 0.2) is 4.99 Å². The summed E-state index contributed by atoms with van der Waals surface area (Å²) in [6.07, 6.45) is 3.16. The molecule has 0 amide bonds. The molecule has 0 atom stereocenters. The molecule has 0 saturated heterocycles. The number of aliphatic imine (C=N–C) groups is 1. The molecule has 0 aromatic carbocycles. The average molecular weight is 186 g/mol. The van der Waals surface area contributed by atoms with Gasteiger partial charge in [-0.1, -0.05) is 0 Å². The summed E-state index contributed by atoms with van der Waals surface area (Å²) in [6, 6.07) is 0. The van der Waals surface area contributed by atoms with E-state index in [0.717, 1.165) is 12.8 Å². The lowest BCUT2D eigenvalue weighted by molar-refractivity contribution is -0.0137. The number of nitrogens with two attached hydrogens (primary N) is 1. The van der Waals surface area contributed by atoms with Crippen molar-refractivity contribution in [2.45, 2.75) is 24.9 Å². The maximum Gasteiger partial charge on any atom is 0.126 e. The summed E-state index contributed by atoms with van der Waals surface area (Å²) in [4.78, 5) is 4.22. The molecule has 1 fully saturated rings. The van der Waals surface area contributed by atoms with E-state index in [1.165, 1.54) is 6.42 Å². The van der Waals surface area contributed by atoms with Gasteiger partial charge in [-0.2, -0.15) is 0 Å². The third-order valence-corrected chi connectivity index (χ3v) is 2.60. The molecule has 0 radical (unpaired) electrons. The van der Waals surface area contributed by atoms with Gasteiger partial charge in [0.2, 0.25) is 0 Å². The molecule has 76 valence electrons. The molecule has 0 aromatic rings. The van der Waals surface area contributed by atoms with Crippen molar-refractivity contribution in [2.75, 3.05) is 27.4 Å². The second kappa shape index (κ2) is 4.58. The van der Waals surface area contributed by atoms with Crippen molar-refractivity contribution in [3.05, 3.63) is 0 Å². The summed E-state index contributed by atoms with van der Waals surface area (Å²) < 4.78 is 10.3. The Kier molecular flexibility index (Phi) is 3.69. The summed E-state index contributed by atoms with van der Waals surface area (Å²) >= 11 is 0. The second-order valence-corrected chi connectivity index (χ2v) is 3.31. The zero-order valence-corrected chi connectivity index (χ0v) is 8.38. The zero-order valence-electron chi connectivity index (χ0n) is 8.38. The molecule has 1 rings (SSSR count). The Bertz CT molecular complexity index is 183. The first-order valence-corrected chi connectivity index (χ1v) is 4.59. The van der Waals surface area contributed by atoms with E-state index < -0.39 is 0 Å². The van der Waals surface area contributed by atoms with Crippen LogP contribution in [0.4, 0.5) is 0 Å². The number of nitrogens with zero attached hydrogens (tertiary/aromatic N) is 1. The summed E-state index contributed by atoms with van der Waals surface area (Å²) in [7, 11) is 3.35. The predicted molar refractivity (Wildman–Crippen MR) is 52.0 cm³/mol. The Morgan fingerprint density at radius 2 is 2.15 bits per heavy atom. The van der Waals surface area contributed by atoms with Gasteiger partial charge in [0.25, 0.3) is 0 Å². The van der Waals surface area contributed by atoms with Crippen molar-refractivity contribution >= 4 is 5.84 Å². The van der Waals surface area contributed by atoms with Gasteiger partial charge in [0.1, 0.15) is 11.4 Å². The third-order valence-electron chi connectivity index (χ3n) is 2.60. The number of amidine groups is 1. The summed E-state index contributed by atoms with van der Waals surface area (Å²) in [5.74, 6) is 0.623. The van der Waals surface area contributed by atoms with Gasteiger partial charge in [-0.15, -0.1) is 0 Å². The third kappa shape index (κ3) is 2.19. The molecular formula is C9H18N2O2. The molecule has 4 nitrogen and oxygen atoms in total. The standard InChI is InChI=1S/C9H18N2O2/c1-12-7-6-11-8(10)9(13-2)4-3-5-9/h3-7H2,1-2H3,(H2,10,11). The van der Waals surface area contributed by atoms with E-state index in [9.17, 15) is 0 Å². The fourth-order valence-electron chi connectivity index (χ4n) is 1.46. The molecule has 1 aliphatic carbocycles. The van der Waals surface area contributed by atoms with Crippen LogP contribution in [0.2, 0.25) is 0 Å².